The molecule has 1 fully saturated rings. The maximum atomic E-state index is 5.25. The minimum absolute atomic E-state index is 0.422. The topological polar surface area (TPSA) is 12.5 Å². The van der Waals surface area contributed by atoms with Gasteiger partial charge in [0.2, 0.25) is 0 Å². The molecule has 3 heteroatoms. The molecule has 0 aliphatic carbocycles. The van der Waals surface area contributed by atoms with Gasteiger partial charge in [-0.3, -0.25) is 4.67 Å². The van der Waals surface area contributed by atoms with Gasteiger partial charge < -0.3 is 4.74 Å². The SMILES string of the molecule is CO[C@@H](C)[C@H]1CCN(P)C1. The minimum Gasteiger partial charge on any atom is -0.381 e. The van der Waals surface area contributed by atoms with Crippen LogP contribution in [0.4, 0.5) is 0 Å². The van der Waals surface area contributed by atoms with Crippen molar-refractivity contribution < 1.29 is 4.74 Å². The summed E-state index contributed by atoms with van der Waals surface area (Å²) in [6.45, 7) is 4.51. The number of nitrogens with zero attached hydrogens (tertiary/aromatic N) is 1. The van der Waals surface area contributed by atoms with Gasteiger partial charge >= 0.3 is 0 Å². The molecule has 10 heavy (non-hydrogen) atoms. The van der Waals surface area contributed by atoms with Crippen LogP contribution in [0.1, 0.15) is 13.3 Å². The van der Waals surface area contributed by atoms with Crippen molar-refractivity contribution in [3.05, 3.63) is 0 Å². The Kier molecular flexibility index (Phi) is 3.09. The predicted molar refractivity (Wildman–Crippen MR) is 45.9 cm³/mol. The van der Waals surface area contributed by atoms with E-state index in [-0.39, 0.29) is 0 Å². The fourth-order valence-corrected chi connectivity index (χ4v) is 1.81. The highest BCUT2D eigenvalue weighted by atomic mass is 31.0. The van der Waals surface area contributed by atoms with Crippen LogP contribution in [0.15, 0.2) is 0 Å². The molecule has 0 saturated carbocycles. The van der Waals surface area contributed by atoms with E-state index in [1.54, 1.807) is 7.11 Å². The molecule has 1 rings (SSSR count). The normalized spacial score (nSPS) is 30.9. The Hall–Kier alpha value is 0.350. The Morgan fingerprint density at radius 2 is 2.40 bits per heavy atom. The van der Waals surface area contributed by atoms with E-state index < -0.39 is 0 Å². The average Bonchev–Trinajstić information content (AvgIpc) is 2.34. The lowest BCUT2D eigenvalue weighted by atomic mass is 10.0. The van der Waals surface area contributed by atoms with Gasteiger partial charge in [-0.25, -0.2) is 0 Å². The smallest absolute Gasteiger partial charge is 0.0584 e. The summed E-state index contributed by atoms with van der Waals surface area (Å²) in [6, 6.07) is 0. The van der Waals surface area contributed by atoms with Crippen LogP contribution in [0.25, 0.3) is 0 Å². The third-order valence-electron chi connectivity index (χ3n) is 2.29. The zero-order valence-electron chi connectivity index (χ0n) is 6.71. The van der Waals surface area contributed by atoms with Crippen LogP contribution in [0.5, 0.6) is 0 Å². The predicted octanol–water partition coefficient (Wildman–Crippen LogP) is 1.13. The number of hydrogen-bond donors (Lipinski definition) is 0. The first-order chi connectivity index (χ1) is 4.74. The highest BCUT2D eigenvalue weighted by Crippen LogP contribution is 2.23. The van der Waals surface area contributed by atoms with Gasteiger partial charge in [-0.15, -0.1) is 0 Å². The van der Waals surface area contributed by atoms with Crippen LogP contribution in [0.3, 0.4) is 0 Å². The summed E-state index contributed by atoms with van der Waals surface area (Å²) < 4.78 is 7.52. The number of hydrogen-bond acceptors (Lipinski definition) is 2. The van der Waals surface area contributed by atoms with Crippen molar-refractivity contribution in [1.82, 2.24) is 4.67 Å². The monoisotopic (exact) mass is 161 g/mol. The molecule has 2 nitrogen and oxygen atoms in total. The lowest BCUT2D eigenvalue weighted by Crippen LogP contribution is -2.20. The lowest BCUT2D eigenvalue weighted by Gasteiger charge is -2.16. The summed E-state index contributed by atoms with van der Waals surface area (Å²) in [6.07, 6.45) is 1.70. The molecule has 0 bridgehead atoms. The van der Waals surface area contributed by atoms with Crippen molar-refractivity contribution in [3.63, 3.8) is 0 Å². The first kappa shape index (κ1) is 8.45. The average molecular weight is 161 g/mol. The molecule has 1 saturated heterocycles. The largest absolute Gasteiger partial charge is 0.381 e. The van der Waals surface area contributed by atoms with Crippen LogP contribution < -0.4 is 0 Å². The molecule has 1 aliphatic heterocycles. The molecule has 0 aromatic heterocycles. The third-order valence-corrected chi connectivity index (χ3v) is 2.76. The molecule has 0 aromatic carbocycles. The molecule has 1 aliphatic rings. The van der Waals surface area contributed by atoms with E-state index in [2.05, 4.69) is 21.0 Å². The Labute approximate surface area is 65.2 Å². The molecule has 1 heterocycles. The van der Waals surface area contributed by atoms with E-state index in [1.165, 1.54) is 19.5 Å². The first-order valence-corrected chi connectivity index (χ1v) is 4.28. The summed E-state index contributed by atoms with van der Waals surface area (Å²) in [4.78, 5) is 0. The number of ether oxygens (including phenoxy) is 1. The molecule has 0 radical (unpaired) electrons. The molecule has 0 N–H and O–H groups in total. The molecule has 60 valence electrons. The Morgan fingerprint density at radius 1 is 1.70 bits per heavy atom. The first-order valence-electron chi connectivity index (χ1n) is 3.76. The molecule has 0 aromatic rings. The van der Waals surface area contributed by atoms with Crippen molar-refractivity contribution in [2.24, 2.45) is 5.92 Å². The van der Waals surface area contributed by atoms with Crippen LogP contribution in [0.2, 0.25) is 0 Å². The Balaban J connectivity index is 2.29. The summed E-state index contributed by atoms with van der Waals surface area (Å²) in [5, 5.41) is 0. The summed E-state index contributed by atoms with van der Waals surface area (Å²) in [5.41, 5.74) is 0. The Morgan fingerprint density at radius 3 is 2.80 bits per heavy atom. The van der Waals surface area contributed by atoms with Crippen LogP contribution in [0, 0.1) is 5.92 Å². The molecule has 3 atom stereocenters. The zero-order valence-corrected chi connectivity index (χ0v) is 7.86. The van der Waals surface area contributed by atoms with Crippen molar-refractivity contribution in [3.8, 4) is 0 Å². The molecular formula is C7H16NOP. The van der Waals surface area contributed by atoms with Gasteiger partial charge in [0.25, 0.3) is 0 Å². The van der Waals surface area contributed by atoms with E-state index in [0.29, 0.717) is 6.10 Å². The van der Waals surface area contributed by atoms with Gasteiger partial charge in [-0.1, -0.05) is 9.39 Å². The fourth-order valence-electron chi connectivity index (χ4n) is 1.39. The number of methoxy groups -OCH3 is 1. The van der Waals surface area contributed by atoms with E-state index in [1.807, 2.05) is 0 Å². The van der Waals surface area contributed by atoms with Gasteiger partial charge in [-0.05, 0) is 19.3 Å². The maximum Gasteiger partial charge on any atom is 0.0584 e. The zero-order chi connectivity index (χ0) is 7.56. The second-order valence-corrected chi connectivity index (χ2v) is 3.71. The second kappa shape index (κ2) is 3.66. The van der Waals surface area contributed by atoms with Gasteiger partial charge in [0.05, 0.1) is 6.10 Å². The second-order valence-electron chi connectivity index (χ2n) is 2.98. The standard InChI is InChI=1S/C7H16NOP/c1-6(9-2)7-3-4-8(10)5-7/h6-7H,3-5,10H2,1-2H3/t6-,7-/m0/s1. The quantitative estimate of drug-likeness (QED) is 0.563. The van der Waals surface area contributed by atoms with Crippen molar-refractivity contribution in [1.29, 1.82) is 0 Å². The Bertz CT molecular complexity index is 110. The van der Waals surface area contributed by atoms with Crippen molar-refractivity contribution in [2.45, 2.75) is 19.4 Å². The van der Waals surface area contributed by atoms with Crippen LogP contribution in [-0.4, -0.2) is 31.0 Å². The third kappa shape index (κ3) is 1.91. The highest BCUT2D eigenvalue weighted by molar-refractivity contribution is 7.13. The minimum atomic E-state index is 0.422. The van der Waals surface area contributed by atoms with Crippen molar-refractivity contribution >= 4 is 9.39 Å². The molecule has 0 spiro atoms. The van der Waals surface area contributed by atoms with Crippen LogP contribution in [-0.2, 0) is 4.74 Å². The van der Waals surface area contributed by atoms with E-state index >= 15 is 0 Å². The molecule has 0 amide bonds. The van der Waals surface area contributed by atoms with Gasteiger partial charge in [-0.2, -0.15) is 0 Å². The number of rotatable bonds is 2. The maximum absolute atomic E-state index is 5.25. The fraction of sp³-hybridized carbons (Fsp3) is 1.00. The summed E-state index contributed by atoms with van der Waals surface area (Å²) in [5.74, 6) is 0.738. The highest BCUT2D eigenvalue weighted by Gasteiger charge is 2.24. The van der Waals surface area contributed by atoms with E-state index in [4.69, 9.17) is 4.74 Å². The van der Waals surface area contributed by atoms with Crippen LogP contribution >= 0.6 is 9.39 Å². The van der Waals surface area contributed by atoms with Gasteiger partial charge in [0.1, 0.15) is 0 Å². The molecule has 1 unspecified atom stereocenters. The molecular weight excluding hydrogens is 145 g/mol. The lowest BCUT2D eigenvalue weighted by molar-refractivity contribution is 0.0725. The van der Waals surface area contributed by atoms with Crippen molar-refractivity contribution in [2.75, 3.05) is 20.2 Å². The van der Waals surface area contributed by atoms with E-state index in [9.17, 15) is 0 Å². The van der Waals surface area contributed by atoms with Gasteiger partial charge in [0.15, 0.2) is 0 Å². The summed E-state index contributed by atoms with van der Waals surface area (Å²) >= 11 is 0. The van der Waals surface area contributed by atoms with Gasteiger partial charge in [0, 0.05) is 20.2 Å². The summed E-state index contributed by atoms with van der Waals surface area (Å²) in [7, 11) is 4.53. The van der Waals surface area contributed by atoms with E-state index in [0.717, 1.165) is 5.92 Å².